The van der Waals surface area contributed by atoms with E-state index >= 15 is 0 Å². The maximum atomic E-state index is 12.9. The molecule has 2 heterocycles. The summed E-state index contributed by atoms with van der Waals surface area (Å²) in [5.74, 6) is -0.00173. The second-order valence-corrected chi connectivity index (χ2v) is 7.09. The summed E-state index contributed by atoms with van der Waals surface area (Å²) >= 11 is 0. The molecule has 0 spiro atoms. The van der Waals surface area contributed by atoms with Gasteiger partial charge in [-0.2, -0.15) is 0 Å². The van der Waals surface area contributed by atoms with Crippen molar-refractivity contribution in [1.82, 2.24) is 14.9 Å². The molecule has 1 aromatic carbocycles. The van der Waals surface area contributed by atoms with Crippen LogP contribution < -0.4 is 0 Å². The Morgan fingerprint density at radius 1 is 1.16 bits per heavy atom. The van der Waals surface area contributed by atoms with Gasteiger partial charge in [0.25, 0.3) is 5.91 Å². The first-order chi connectivity index (χ1) is 12.2. The van der Waals surface area contributed by atoms with Gasteiger partial charge in [0, 0.05) is 30.9 Å². The van der Waals surface area contributed by atoms with Gasteiger partial charge in [-0.15, -0.1) is 0 Å². The van der Waals surface area contributed by atoms with Gasteiger partial charge in [-0.05, 0) is 24.8 Å². The molecule has 1 aromatic heterocycles. The minimum atomic E-state index is -0.856. The first-order valence-corrected chi connectivity index (χ1v) is 9.05. The fourth-order valence-electron chi connectivity index (χ4n) is 4.58. The highest BCUT2D eigenvalue weighted by Gasteiger charge is 2.50. The fourth-order valence-corrected chi connectivity index (χ4v) is 4.58. The number of carbonyl (C=O) groups is 1. The number of nitrogens with zero attached hydrogens (tertiary/aromatic N) is 3. The molecule has 4 rings (SSSR count). The van der Waals surface area contributed by atoms with Gasteiger partial charge < -0.3 is 10.0 Å². The maximum Gasteiger partial charge on any atom is 0.274 e. The van der Waals surface area contributed by atoms with Gasteiger partial charge in [0.2, 0.25) is 0 Å². The van der Waals surface area contributed by atoms with Gasteiger partial charge in [-0.25, -0.2) is 4.98 Å². The molecule has 5 heteroatoms. The van der Waals surface area contributed by atoms with E-state index in [9.17, 15) is 9.90 Å². The van der Waals surface area contributed by atoms with Crippen molar-refractivity contribution in [2.45, 2.75) is 43.7 Å². The highest BCUT2D eigenvalue weighted by molar-refractivity contribution is 5.92. The minimum Gasteiger partial charge on any atom is -0.385 e. The summed E-state index contributed by atoms with van der Waals surface area (Å²) in [4.78, 5) is 23.1. The Balaban J connectivity index is 1.66. The van der Waals surface area contributed by atoms with E-state index < -0.39 is 5.60 Å². The lowest BCUT2D eigenvalue weighted by Crippen LogP contribution is -2.59. The van der Waals surface area contributed by atoms with Crippen LogP contribution in [0.1, 0.15) is 48.2 Å². The molecule has 2 aromatic rings. The molecule has 1 amide bonds. The zero-order chi connectivity index (χ0) is 17.3. The van der Waals surface area contributed by atoms with Crippen molar-refractivity contribution in [3.05, 3.63) is 60.2 Å². The number of benzene rings is 1. The van der Waals surface area contributed by atoms with E-state index in [1.54, 1.807) is 12.4 Å². The normalized spacial score (nSPS) is 29.1. The molecular formula is C20H23N3O2. The predicted octanol–water partition coefficient (Wildman–Crippen LogP) is 2.77. The summed E-state index contributed by atoms with van der Waals surface area (Å²) < 4.78 is 0. The summed E-state index contributed by atoms with van der Waals surface area (Å²) in [6.45, 7) is 0.544. The van der Waals surface area contributed by atoms with E-state index in [1.807, 2.05) is 35.2 Å². The second-order valence-electron chi connectivity index (χ2n) is 7.09. The molecule has 25 heavy (non-hydrogen) atoms. The number of aromatic nitrogens is 2. The summed E-state index contributed by atoms with van der Waals surface area (Å²) in [5.41, 5.74) is 0.501. The van der Waals surface area contributed by atoms with Crippen molar-refractivity contribution in [3.63, 3.8) is 0 Å². The van der Waals surface area contributed by atoms with Crippen LogP contribution in [-0.4, -0.2) is 38.5 Å². The number of carbonyl (C=O) groups excluding carboxylic acids is 1. The zero-order valence-electron chi connectivity index (χ0n) is 14.2. The van der Waals surface area contributed by atoms with Crippen LogP contribution in [0.2, 0.25) is 0 Å². The van der Waals surface area contributed by atoms with E-state index in [-0.39, 0.29) is 17.9 Å². The van der Waals surface area contributed by atoms with Crippen LogP contribution in [0, 0.1) is 5.92 Å². The smallest absolute Gasteiger partial charge is 0.274 e. The van der Waals surface area contributed by atoms with Crippen molar-refractivity contribution in [2.75, 3.05) is 6.54 Å². The van der Waals surface area contributed by atoms with Crippen LogP contribution in [0.3, 0.4) is 0 Å². The zero-order valence-corrected chi connectivity index (χ0v) is 14.2. The molecule has 0 bridgehead atoms. The van der Waals surface area contributed by atoms with Crippen molar-refractivity contribution in [2.24, 2.45) is 5.92 Å². The van der Waals surface area contributed by atoms with Gasteiger partial charge in [0.15, 0.2) is 0 Å². The lowest BCUT2D eigenvalue weighted by Gasteiger charge is -2.52. The van der Waals surface area contributed by atoms with Gasteiger partial charge in [-0.3, -0.25) is 9.78 Å². The standard InChI is InChI=1S/C20H23N3O2/c24-19(17-14-21-11-12-22-17)23-13-10-20(25,15-6-2-1-3-7-15)16-8-4-5-9-18(16)23/h1-3,6-7,11-12,14,16,18,25H,4-5,8-10,13H2/t16-,18+,20?/m1/s1. The SMILES string of the molecule is O=C(c1cnccn1)N1CCC(O)(c2ccccc2)[C@@H]2CCCC[C@@H]21. The summed E-state index contributed by atoms with van der Waals surface area (Å²) in [6.07, 6.45) is 9.29. The number of aliphatic hydroxyl groups is 1. The Hall–Kier alpha value is -2.27. The fraction of sp³-hybridized carbons (Fsp3) is 0.450. The van der Waals surface area contributed by atoms with Gasteiger partial charge in [-0.1, -0.05) is 43.2 Å². The molecule has 2 fully saturated rings. The molecule has 2 aliphatic rings. The molecule has 1 saturated heterocycles. The lowest BCUT2D eigenvalue weighted by atomic mass is 9.66. The molecular weight excluding hydrogens is 314 g/mol. The largest absolute Gasteiger partial charge is 0.385 e. The highest BCUT2D eigenvalue weighted by Crippen LogP contribution is 2.47. The highest BCUT2D eigenvalue weighted by atomic mass is 16.3. The van der Waals surface area contributed by atoms with Crippen molar-refractivity contribution in [1.29, 1.82) is 0 Å². The number of rotatable bonds is 2. The van der Waals surface area contributed by atoms with Gasteiger partial charge in [0.1, 0.15) is 5.69 Å². The molecule has 1 aliphatic carbocycles. The Bertz CT molecular complexity index is 737. The number of amides is 1. The average Bonchev–Trinajstić information content (AvgIpc) is 2.69. The number of fused-ring (bicyclic) bond motifs is 1. The maximum absolute atomic E-state index is 12.9. The second kappa shape index (κ2) is 6.56. The van der Waals surface area contributed by atoms with Crippen molar-refractivity contribution >= 4 is 5.91 Å². The molecule has 0 radical (unpaired) electrons. The van der Waals surface area contributed by atoms with Crippen molar-refractivity contribution < 1.29 is 9.90 Å². The van der Waals surface area contributed by atoms with Crippen LogP contribution in [0.4, 0.5) is 0 Å². The van der Waals surface area contributed by atoms with E-state index in [2.05, 4.69) is 9.97 Å². The van der Waals surface area contributed by atoms with Crippen molar-refractivity contribution in [3.8, 4) is 0 Å². The predicted molar refractivity (Wildman–Crippen MR) is 93.8 cm³/mol. The van der Waals surface area contributed by atoms with E-state index in [4.69, 9.17) is 0 Å². The molecule has 130 valence electrons. The topological polar surface area (TPSA) is 66.3 Å². The van der Waals surface area contributed by atoms with E-state index in [0.717, 1.165) is 31.2 Å². The lowest BCUT2D eigenvalue weighted by molar-refractivity contribution is -0.110. The van der Waals surface area contributed by atoms with Gasteiger partial charge >= 0.3 is 0 Å². The Kier molecular flexibility index (Phi) is 4.25. The monoisotopic (exact) mass is 337 g/mol. The summed E-state index contributed by atoms with van der Waals surface area (Å²) in [5, 5.41) is 11.5. The van der Waals surface area contributed by atoms with Crippen LogP contribution in [0.5, 0.6) is 0 Å². The number of hydrogen-bond acceptors (Lipinski definition) is 4. The third-order valence-electron chi connectivity index (χ3n) is 5.79. The number of piperidine rings is 1. The molecule has 3 atom stereocenters. The molecule has 1 saturated carbocycles. The van der Waals surface area contributed by atoms with E-state index in [0.29, 0.717) is 18.7 Å². The Morgan fingerprint density at radius 3 is 2.72 bits per heavy atom. The molecule has 1 unspecified atom stereocenters. The number of likely N-dealkylation sites (tertiary alicyclic amines) is 1. The average molecular weight is 337 g/mol. The third-order valence-corrected chi connectivity index (χ3v) is 5.79. The van der Waals surface area contributed by atoms with Crippen LogP contribution in [0.25, 0.3) is 0 Å². The first-order valence-electron chi connectivity index (χ1n) is 9.05. The number of hydrogen-bond donors (Lipinski definition) is 1. The third kappa shape index (κ3) is 2.82. The quantitative estimate of drug-likeness (QED) is 0.915. The summed E-state index contributed by atoms with van der Waals surface area (Å²) in [7, 11) is 0. The van der Waals surface area contributed by atoms with E-state index in [1.165, 1.54) is 6.20 Å². The Morgan fingerprint density at radius 2 is 1.96 bits per heavy atom. The van der Waals surface area contributed by atoms with Gasteiger partial charge in [0.05, 0.1) is 11.8 Å². The van der Waals surface area contributed by atoms with Crippen LogP contribution in [0.15, 0.2) is 48.9 Å². The minimum absolute atomic E-state index is 0.0576. The van der Waals surface area contributed by atoms with Crippen LogP contribution >= 0.6 is 0 Å². The first kappa shape index (κ1) is 16.2. The van der Waals surface area contributed by atoms with Crippen LogP contribution in [-0.2, 0) is 5.60 Å². The molecule has 5 nitrogen and oxygen atoms in total. The molecule has 1 aliphatic heterocycles. The molecule has 1 N–H and O–H groups in total. The Labute approximate surface area is 147 Å². The summed E-state index contributed by atoms with van der Waals surface area (Å²) in [6, 6.07) is 9.99.